The third kappa shape index (κ3) is 1.07. The number of allylic oxidation sites excluding steroid dienone is 6. The fraction of sp³-hybridized carbons (Fsp3) is 0.143. The van der Waals surface area contributed by atoms with E-state index in [4.69, 9.17) is 0 Å². The molecule has 0 bridgehead atoms. The van der Waals surface area contributed by atoms with E-state index in [1.807, 2.05) is 0 Å². The van der Waals surface area contributed by atoms with Crippen LogP contribution in [0, 0.1) is 0 Å². The molecule has 14 heavy (non-hydrogen) atoms. The lowest BCUT2D eigenvalue weighted by atomic mass is 9.98. The molecule has 68 valence electrons. The molecule has 0 heterocycles. The summed E-state index contributed by atoms with van der Waals surface area (Å²) in [4.78, 5) is 0. The Hall–Kier alpha value is -1.56. The molecule has 2 aliphatic rings. The van der Waals surface area contributed by atoms with Crippen molar-refractivity contribution < 1.29 is 0 Å². The van der Waals surface area contributed by atoms with Crippen molar-refractivity contribution in [3.8, 4) is 0 Å². The van der Waals surface area contributed by atoms with E-state index in [-0.39, 0.29) is 0 Å². The third-order valence-electron chi connectivity index (χ3n) is 3.02. The SMILES string of the molecule is C1=CC=C2Cc3ccccc3C2C=C1. The number of benzene rings is 1. The first-order valence-electron chi connectivity index (χ1n) is 5.07. The predicted molar refractivity (Wildman–Crippen MR) is 59.3 cm³/mol. The van der Waals surface area contributed by atoms with Gasteiger partial charge in [-0.05, 0) is 17.5 Å². The van der Waals surface area contributed by atoms with Crippen molar-refractivity contribution in [1.82, 2.24) is 0 Å². The lowest BCUT2D eigenvalue weighted by molar-refractivity contribution is 1.03. The summed E-state index contributed by atoms with van der Waals surface area (Å²) in [5, 5.41) is 0. The minimum Gasteiger partial charge on any atom is -0.0729 e. The van der Waals surface area contributed by atoms with Crippen LogP contribution in [0.3, 0.4) is 0 Å². The average molecular weight is 180 g/mol. The number of hydrogen-bond acceptors (Lipinski definition) is 0. The number of hydrogen-bond donors (Lipinski definition) is 0. The van der Waals surface area contributed by atoms with Gasteiger partial charge in [0.25, 0.3) is 0 Å². The molecule has 0 saturated heterocycles. The summed E-state index contributed by atoms with van der Waals surface area (Å²) in [5.41, 5.74) is 4.50. The Balaban J connectivity index is 2.16. The quantitative estimate of drug-likeness (QED) is 0.574. The zero-order chi connectivity index (χ0) is 9.38. The topological polar surface area (TPSA) is 0 Å². The van der Waals surface area contributed by atoms with Crippen molar-refractivity contribution in [2.75, 3.05) is 0 Å². The number of rotatable bonds is 0. The summed E-state index contributed by atoms with van der Waals surface area (Å²) in [6, 6.07) is 8.75. The Morgan fingerprint density at radius 1 is 1.00 bits per heavy atom. The van der Waals surface area contributed by atoms with Crippen molar-refractivity contribution in [2.45, 2.75) is 12.3 Å². The molecule has 1 unspecified atom stereocenters. The minimum atomic E-state index is 0.529. The van der Waals surface area contributed by atoms with E-state index in [2.05, 4.69) is 54.6 Å². The van der Waals surface area contributed by atoms with Crippen LogP contribution in [0.4, 0.5) is 0 Å². The maximum Gasteiger partial charge on any atom is 0.0240 e. The number of fused-ring (bicyclic) bond motifs is 3. The molecule has 0 heteroatoms. The smallest absolute Gasteiger partial charge is 0.0240 e. The summed E-state index contributed by atoms with van der Waals surface area (Å²) in [6.07, 6.45) is 12.1. The van der Waals surface area contributed by atoms with Crippen LogP contribution in [0.5, 0.6) is 0 Å². The van der Waals surface area contributed by atoms with Gasteiger partial charge in [-0.25, -0.2) is 0 Å². The highest BCUT2D eigenvalue weighted by Crippen LogP contribution is 2.38. The average Bonchev–Trinajstić information content (AvgIpc) is 2.42. The van der Waals surface area contributed by atoms with E-state index in [0.717, 1.165) is 6.42 Å². The van der Waals surface area contributed by atoms with Gasteiger partial charge < -0.3 is 0 Å². The van der Waals surface area contributed by atoms with E-state index in [1.54, 1.807) is 0 Å². The highest BCUT2D eigenvalue weighted by atomic mass is 14.3. The van der Waals surface area contributed by atoms with Crippen LogP contribution in [0.2, 0.25) is 0 Å². The molecule has 0 radical (unpaired) electrons. The standard InChI is InChI=1S/C14H12/c1-2-6-11-10-12-7-4-5-9-14(12)13(11)8-3-1/h1-9,13H,10H2. The van der Waals surface area contributed by atoms with E-state index in [9.17, 15) is 0 Å². The molecular formula is C14H12. The fourth-order valence-electron chi connectivity index (χ4n) is 2.34. The first kappa shape index (κ1) is 7.81. The first-order valence-corrected chi connectivity index (χ1v) is 5.07. The summed E-state index contributed by atoms with van der Waals surface area (Å²) >= 11 is 0. The van der Waals surface area contributed by atoms with Crippen LogP contribution < -0.4 is 0 Å². The molecule has 1 atom stereocenters. The van der Waals surface area contributed by atoms with Gasteiger partial charge in [0.1, 0.15) is 0 Å². The normalized spacial score (nSPS) is 22.6. The Morgan fingerprint density at radius 3 is 2.93 bits per heavy atom. The van der Waals surface area contributed by atoms with Crippen LogP contribution in [0.25, 0.3) is 0 Å². The van der Waals surface area contributed by atoms with Gasteiger partial charge in [-0.15, -0.1) is 0 Å². The summed E-state index contributed by atoms with van der Waals surface area (Å²) < 4.78 is 0. The van der Waals surface area contributed by atoms with Gasteiger partial charge in [-0.2, -0.15) is 0 Å². The van der Waals surface area contributed by atoms with Gasteiger partial charge >= 0.3 is 0 Å². The van der Waals surface area contributed by atoms with Crippen molar-refractivity contribution in [3.05, 3.63) is 71.3 Å². The zero-order valence-electron chi connectivity index (χ0n) is 7.98. The summed E-state index contributed by atoms with van der Waals surface area (Å²) in [6.45, 7) is 0. The van der Waals surface area contributed by atoms with Gasteiger partial charge in [0.15, 0.2) is 0 Å². The molecule has 3 rings (SSSR count). The van der Waals surface area contributed by atoms with Crippen molar-refractivity contribution >= 4 is 0 Å². The minimum absolute atomic E-state index is 0.529. The van der Waals surface area contributed by atoms with Crippen LogP contribution in [0.15, 0.2) is 60.2 Å². The lowest BCUT2D eigenvalue weighted by Crippen LogP contribution is -1.90. The largest absolute Gasteiger partial charge is 0.0729 e. The molecule has 1 aromatic carbocycles. The van der Waals surface area contributed by atoms with Crippen LogP contribution in [0.1, 0.15) is 17.0 Å². The zero-order valence-corrected chi connectivity index (χ0v) is 7.98. The summed E-state index contributed by atoms with van der Waals surface area (Å²) in [5.74, 6) is 0.529. The second-order valence-corrected chi connectivity index (χ2v) is 3.86. The summed E-state index contributed by atoms with van der Waals surface area (Å²) in [7, 11) is 0. The Bertz CT molecular complexity index is 447. The van der Waals surface area contributed by atoms with Crippen molar-refractivity contribution in [3.63, 3.8) is 0 Å². The van der Waals surface area contributed by atoms with Gasteiger partial charge in [-0.1, -0.05) is 60.2 Å². The fourth-order valence-corrected chi connectivity index (χ4v) is 2.34. The van der Waals surface area contributed by atoms with Crippen LogP contribution in [-0.4, -0.2) is 0 Å². The molecule has 0 aliphatic heterocycles. The highest BCUT2D eigenvalue weighted by molar-refractivity contribution is 5.50. The van der Waals surface area contributed by atoms with Crippen molar-refractivity contribution in [1.29, 1.82) is 0 Å². The van der Waals surface area contributed by atoms with Crippen LogP contribution >= 0.6 is 0 Å². The lowest BCUT2D eigenvalue weighted by Gasteiger charge is -2.06. The Kier molecular flexibility index (Phi) is 1.66. The van der Waals surface area contributed by atoms with E-state index < -0.39 is 0 Å². The second kappa shape index (κ2) is 2.98. The first-order chi connectivity index (χ1) is 6.95. The molecule has 0 fully saturated rings. The molecule has 0 N–H and O–H groups in total. The molecule has 1 aromatic rings. The Labute approximate surface area is 84.3 Å². The highest BCUT2D eigenvalue weighted by Gasteiger charge is 2.24. The van der Waals surface area contributed by atoms with Gasteiger partial charge in [0, 0.05) is 5.92 Å². The molecular weight excluding hydrogens is 168 g/mol. The van der Waals surface area contributed by atoms with E-state index in [0.29, 0.717) is 5.92 Å². The Morgan fingerprint density at radius 2 is 1.93 bits per heavy atom. The maximum absolute atomic E-state index is 2.29. The van der Waals surface area contributed by atoms with Gasteiger partial charge in [0.05, 0.1) is 0 Å². The van der Waals surface area contributed by atoms with Gasteiger partial charge in [-0.3, -0.25) is 0 Å². The van der Waals surface area contributed by atoms with Crippen LogP contribution in [-0.2, 0) is 6.42 Å². The van der Waals surface area contributed by atoms with Crippen molar-refractivity contribution in [2.24, 2.45) is 0 Å². The maximum atomic E-state index is 2.29. The molecule has 0 aromatic heterocycles. The van der Waals surface area contributed by atoms with E-state index in [1.165, 1.54) is 16.7 Å². The molecule has 2 aliphatic carbocycles. The van der Waals surface area contributed by atoms with E-state index >= 15 is 0 Å². The predicted octanol–water partition coefficient (Wildman–Crippen LogP) is 3.38. The molecule has 0 nitrogen and oxygen atoms in total. The molecule has 0 spiro atoms. The molecule has 0 saturated carbocycles. The monoisotopic (exact) mass is 180 g/mol. The second-order valence-electron chi connectivity index (χ2n) is 3.86. The van der Waals surface area contributed by atoms with Gasteiger partial charge in [0.2, 0.25) is 0 Å². The third-order valence-corrected chi connectivity index (χ3v) is 3.02. The molecule has 0 amide bonds.